The molecular formula is C37H43BrClN3O7. The summed E-state index contributed by atoms with van der Waals surface area (Å²) in [6.45, 7) is 9.58. The quantitative estimate of drug-likeness (QED) is 0.105. The van der Waals surface area contributed by atoms with E-state index in [0.29, 0.717) is 42.0 Å². The lowest BCUT2D eigenvalue weighted by Gasteiger charge is -2.37. The van der Waals surface area contributed by atoms with Gasteiger partial charge in [-0.25, -0.2) is 0 Å². The number of amides is 3. The Kier molecular flexibility index (Phi) is 12.0. The molecule has 2 N–H and O–H groups in total. The average molecular weight is 757 g/mol. The minimum atomic E-state index is -1.31. The second kappa shape index (κ2) is 16.0. The third-order valence-corrected chi connectivity index (χ3v) is 10.7. The first-order chi connectivity index (χ1) is 23.6. The molecule has 2 aromatic rings. The Morgan fingerprint density at radius 2 is 1.88 bits per heavy atom. The van der Waals surface area contributed by atoms with Crippen LogP contribution in [0.3, 0.4) is 0 Å². The molecule has 12 heteroatoms. The number of hydrogen-bond donors (Lipinski definition) is 2. The fourth-order valence-corrected chi connectivity index (χ4v) is 8.54. The molecule has 49 heavy (non-hydrogen) atoms. The SMILES string of the molecule is C=CCCC(=O)N[C@@H](C)[C@H](OC(=O)[C@H]1[C@@H]2O[C@@]3(CC2Br)[C@@H]1C(=O)N(CCCCO)[C@@H]3C(=O)N(CC=C)c1ccc(Cl)cc1)c1ccccc1. The van der Waals surface area contributed by atoms with Gasteiger partial charge < -0.3 is 29.7 Å². The minimum Gasteiger partial charge on any atom is -0.455 e. The predicted molar refractivity (Wildman–Crippen MR) is 190 cm³/mol. The van der Waals surface area contributed by atoms with Crippen molar-refractivity contribution in [1.29, 1.82) is 0 Å². The van der Waals surface area contributed by atoms with Crippen LogP contribution in [0, 0.1) is 11.8 Å². The van der Waals surface area contributed by atoms with Crippen LogP contribution in [0.25, 0.3) is 0 Å². The number of aliphatic hydroxyl groups excluding tert-OH is 1. The smallest absolute Gasteiger partial charge is 0.313 e. The van der Waals surface area contributed by atoms with Crippen molar-refractivity contribution in [3.63, 3.8) is 0 Å². The fraction of sp³-hybridized carbons (Fsp3) is 0.459. The van der Waals surface area contributed by atoms with Gasteiger partial charge in [-0.2, -0.15) is 0 Å². The van der Waals surface area contributed by atoms with Gasteiger partial charge in [0.1, 0.15) is 17.7 Å². The van der Waals surface area contributed by atoms with E-state index >= 15 is 0 Å². The molecule has 3 aliphatic rings. The van der Waals surface area contributed by atoms with E-state index in [1.807, 2.05) is 30.3 Å². The van der Waals surface area contributed by atoms with E-state index in [0.717, 1.165) is 0 Å². The van der Waals surface area contributed by atoms with E-state index in [9.17, 15) is 24.3 Å². The molecular weight excluding hydrogens is 714 g/mol. The summed E-state index contributed by atoms with van der Waals surface area (Å²) in [7, 11) is 0. The standard InChI is InChI=1S/C37H43BrClN3O7/c1-4-6-14-28(44)40-23(3)31(24-12-8-7-9-13-24)48-36(47)29-30-34(45)42(20-10-11-21-43)33(37(30)22-27(38)32(29)49-37)35(46)41(19-5-2)26-17-15-25(39)16-18-26/h4-5,7-9,12-13,15-18,23,27,29-33,43H,1-2,6,10-11,14,19-22H2,3H3,(H,40,44)/t23-,27?,29+,30-,31-,32+,33+,37-/m0/s1. The summed E-state index contributed by atoms with van der Waals surface area (Å²) < 4.78 is 12.9. The van der Waals surface area contributed by atoms with Crippen LogP contribution in [0.1, 0.15) is 50.7 Å². The van der Waals surface area contributed by atoms with Gasteiger partial charge in [0.2, 0.25) is 11.8 Å². The van der Waals surface area contributed by atoms with Crippen LogP contribution in [0.4, 0.5) is 5.69 Å². The number of esters is 1. The number of anilines is 1. The number of carbonyl (C=O) groups excluding carboxylic acids is 4. The third kappa shape index (κ3) is 7.36. The van der Waals surface area contributed by atoms with Crippen molar-refractivity contribution in [3.8, 4) is 0 Å². The lowest BCUT2D eigenvalue weighted by atomic mass is 9.70. The Labute approximate surface area is 300 Å². The second-order valence-corrected chi connectivity index (χ2v) is 14.4. The molecule has 1 spiro atoms. The van der Waals surface area contributed by atoms with Crippen molar-refractivity contribution in [2.75, 3.05) is 24.6 Å². The van der Waals surface area contributed by atoms with E-state index < -0.39 is 47.7 Å². The van der Waals surface area contributed by atoms with Crippen LogP contribution >= 0.6 is 27.5 Å². The van der Waals surface area contributed by atoms with E-state index in [1.165, 1.54) is 4.90 Å². The van der Waals surface area contributed by atoms with Crippen molar-refractivity contribution in [1.82, 2.24) is 10.2 Å². The van der Waals surface area contributed by atoms with Crippen molar-refractivity contribution >= 4 is 56.9 Å². The number of fused-ring (bicyclic) bond motifs is 1. The number of nitrogens with one attached hydrogen (secondary N) is 1. The van der Waals surface area contributed by atoms with Crippen LogP contribution in [0.2, 0.25) is 5.02 Å². The number of nitrogens with zero attached hydrogens (tertiary/aromatic N) is 2. The van der Waals surface area contributed by atoms with Gasteiger partial charge in [-0.1, -0.05) is 70.0 Å². The highest BCUT2D eigenvalue weighted by atomic mass is 79.9. The predicted octanol–water partition coefficient (Wildman–Crippen LogP) is 5.13. The zero-order chi connectivity index (χ0) is 35.3. The molecule has 0 radical (unpaired) electrons. The molecule has 5 rings (SSSR count). The highest BCUT2D eigenvalue weighted by molar-refractivity contribution is 9.09. The van der Waals surface area contributed by atoms with Crippen LogP contribution in [-0.4, -0.2) is 82.0 Å². The summed E-state index contributed by atoms with van der Waals surface area (Å²) in [5.41, 5.74) is -0.0548. The lowest BCUT2D eigenvalue weighted by molar-refractivity contribution is -0.162. The van der Waals surface area contributed by atoms with Gasteiger partial charge >= 0.3 is 5.97 Å². The number of rotatable bonds is 16. The Bertz CT molecular complexity index is 1540. The summed E-state index contributed by atoms with van der Waals surface area (Å²) in [6.07, 6.45) is 3.64. The molecule has 0 aliphatic carbocycles. The number of likely N-dealkylation sites (tertiary alicyclic amines) is 1. The minimum absolute atomic E-state index is 0.0667. The van der Waals surface area contributed by atoms with Crippen LogP contribution in [0.5, 0.6) is 0 Å². The molecule has 3 saturated heterocycles. The number of ether oxygens (including phenoxy) is 2. The molecule has 3 fully saturated rings. The maximum atomic E-state index is 14.7. The summed E-state index contributed by atoms with van der Waals surface area (Å²) in [4.78, 5) is 58.9. The average Bonchev–Trinajstić information content (AvgIpc) is 3.68. The zero-order valence-electron chi connectivity index (χ0n) is 27.5. The number of unbranched alkanes of at least 4 members (excludes halogenated alkanes) is 1. The van der Waals surface area contributed by atoms with Gasteiger partial charge in [-0.3, -0.25) is 19.2 Å². The van der Waals surface area contributed by atoms with Gasteiger partial charge in [0.15, 0.2) is 0 Å². The number of hydrogen-bond acceptors (Lipinski definition) is 7. The zero-order valence-corrected chi connectivity index (χ0v) is 29.9. The maximum Gasteiger partial charge on any atom is 0.313 e. The summed E-state index contributed by atoms with van der Waals surface area (Å²) in [5.74, 6) is -3.57. The van der Waals surface area contributed by atoms with E-state index in [4.69, 9.17) is 21.1 Å². The topological polar surface area (TPSA) is 125 Å². The molecule has 0 saturated carbocycles. The van der Waals surface area contributed by atoms with Gasteiger partial charge in [0.05, 0.1) is 24.0 Å². The monoisotopic (exact) mass is 755 g/mol. The fourth-order valence-electron chi connectivity index (χ4n) is 7.47. The first kappa shape index (κ1) is 36.8. The molecule has 0 aromatic heterocycles. The Morgan fingerprint density at radius 3 is 2.53 bits per heavy atom. The van der Waals surface area contributed by atoms with E-state index in [-0.39, 0.29) is 48.7 Å². The molecule has 3 amide bonds. The van der Waals surface area contributed by atoms with Crippen molar-refractivity contribution in [2.45, 2.75) is 73.7 Å². The molecule has 2 bridgehead atoms. The molecule has 10 nitrogen and oxygen atoms in total. The normalized spacial score (nSPS) is 26.5. The number of aliphatic hydroxyl groups is 1. The molecule has 262 valence electrons. The summed E-state index contributed by atoms with van der Waals surface area (Å²) in [5, 5.41) is 13.0. The highest BCUT2D eigenvalue weighted by Gasteiger charge is 2.77. The second-order valence-electron chi connectivity index (χ2n) is 12.8. The first-order valence-electron chi connectivity index (χ1n) is 16.6. The Hall–Kier alpha value is -3.51. The molecule has 3 heterocycles. The first-order valence-corrected chi connectivity index (χ1v) is 17.9. The van der Waals surface area contributed by atoms with Crippen LogP contribution in [0.15, 0.2) is 79.9 Å². The Morgan fingerprint density at radius 1 is 1.16 bits per heavy atom. The van der Waals surface area contributed by atoms with Crippen LogP contribution in [-0.2, 0) is 28.7 Å². The Balaban J connectivity index is 1.49. The number of alkyl halides is 1. The number of benzene rings is 2. The van der Waals surface area contributed by atoms with Crippen molar-refractivity contribution in [2.24, 2.45) is 11.8 Å². The lowest BCUT2D eigenvalue weighted by Crippen LogP contribution is -2.57. The van der Waals surface area contributed by atoms with Gasteiger partial charge in [0.25, 0.3) is 5.91 Å². The van der Waals surface area contributed by atoms with E-state index in [2.05, 4.69) is 34.4 Å². The molecule has 3 aliphatic heterocycles. The van der Waals surface area contributed by atoms with E-state index in [1.54, 1.807) is 48.2 Å². The summed E-state index contributed by atoms with van der Waals surface area (Å²) >= 11 is 9.86. The van der Waals surface area contributed by atoms with Crippen LogP contribution < -0.4 is 10.2 Å². The summed E-state index contributed by atoms with van der Waals surface area (Å²) in [6, 6.07) is 14.3. The molecule has 8 atom stereocenters. The molecule has 2 aromatic carbocycles. The largest absolute Gasteiger partial charge is 0.455 e. The van der Waals surface area contributed by atoms with Gasteiger partial charge in [-0.15, -0.1) is 13.2 Å². The third-order valence-electron chi connectivity index (χ3n) is 9.61. The van der Waals surface area contributed by atoms with Gasteiger partial charge in [-0.05, 0) is 62.4 Å². The van der Waals surface area contributed by atoms with Crippen molar-refractivity contribution in [3.05, 3.63) is 90.5 Å². The number of allylic oxidation sites excluding steroid dienone is 1. The number of halogens is 2. The highest BCUT2D eigenvalue weighted by Crippen LogP contribution is 2.60. The number of carbonyl (C=O) groups is 4. The molecule has 1 unspecified atom stereocenters. The van der Waals surface area contributed by atoms with Gasteiger partial charge in [0, 0.05) is 41.7 Å². The van der Waals surface area contributed by atoms with Crippen molar-refractivity contribution < 1.29 is 33.8 Å². The maximum absolute atomic E-state index is 14.7.